The van der Waals surface area contributed by atoms with Crippen LogP contribution >= 0.6 is 27.3 Å². The van der Waals surface area contributed by atoms with Crippen molar-refractivity contribution in [2.75, 3.05) is 0 Å². The molecular weight excluding hydrogens is 315 g/mol. The molecule has 0 spiro atoms. The fraction of sp³-hybridized carbons (Fsp3) is 0.308. The van der Waals surface area contributed by atoms with E-state index >= 15 is 0 Å². The maximum absolute atomic E-state index is 13.8. The van der Waals surface area contributed by atoms with Crippen molar-refractivity contribution >= 4 is 27.3 Å². The van der Waals surface area contributed by atoms with Crippen molar-refractivity contribution in [3.63, 3.8) is 0 Å². The smallest absolute Gasteiger partial charge is 0.128 e. The summed E-state index contributed by atoms with van der Waals surface area (Å²) >= 11 is 4.87. The van der Waals surface area contributed by atoms with E-state index in [4.69, 9.17) is 5.73 Å². The van der Waals surface area contributed by atoms with Gasteiger partial charge in [0, 0.05) is 14.9 Å². The zero-order chi connectivity index (χ0) is 13.3. The highest BCUT2D eigenvalue weighted by Gasteiger charge is 2.18. The number of nitrogens with zero attached hydrogens (tertiary/aromatic N) is 1. The van der Waals surface area contributed by atoms with Crippen LogP contribution < -0.4 is 5.73 Å². The summed E-state index contributed by atoms with van der Waals surface area (Å²) in [5, 5.41) is 0.765. The molecule has 0 aliphatic heterocycles. The molecule has 1 aromatic heterocycles. The number of rotatable bonds is 3. The summed E-state index contributed by atoms with van der Waals surface area (Å²) in [4.78, 5) is 5.64. The molecule has 0 fully saturated rings. The molecule has 0 radical (unpaired) electrons. The lowest BCUT2D eigenvalue weighted by atomic mass is 10.1. The lowest BCUT2D eigenvalue weighted by Gasteiger charge is -2.10. The van der Waals surface area contributed by atoms with Crippen molar-refractivity contribution in [3.8, 4) is 0 Å². The van der Waals surface area contributed by atoms with E-state index in [0.717, 1.165) is 26.5 Å². The Hall–Kier alpha value is -0.780. The highest BCUT2D eigenvalue weighted by atomic mass is 79.9. The van der Waals surface area contributed by atoms with Crippen molar-refractivity contribution in [3.05, 3.63) is 49.6 Å². The Bertz CT molecular complexity index is 568. The molecular formula is C13H14BrFN2S. The van der Waals surface area contributed by atoms with Gasteiger partial charge in [0.2, 0.25) is 0 Å². The molecule has 2 N–H and O–H groups in total. The first-order chi connectivity index (χ1) is 8.52. The van der Waals surface area contributed by atoms with Crippen molar-refractivity contribution in [2.24, 2.45) is 5.73 Å². The van der Waals surface area contributed by atoms with E-state index in [1.807, 2.05) is 6.92 Å². The molecule has 2 aromatic rings. The minimum Gasteiger partial charge on any atom is -0.318 e. The van der Waals surface area contributed by atoms with E-state index < -0.39 is 6.04 Å². The fourth-order valence-corrected chi connectivity index (χ4v) is 3.21. The fourth-order valence-electron chi connectivity index (χ4n) is 1.80. The Morgan fingerprint density at radius 2 is 2.22 bits per heavy atom. The number of aromatic nitrogens is 1. The van der Waals surface area contributed by atoms with E-state index in [2.05, 4.69) is 27.8 Å². The molecule has 0 saturated heterocycles. The molecule has 0 bridgehead atoms. The van der Waals surface area contributed by atoms with Crippen LogP contribution in [0.2, 0.25) is 0 Å². The molecule has 0 amide bonds. The van der Waals surface area contributed by atoms with Gasteiger partial charge in [-0.3, -0.25) is 0 Å². The summed E-state index contributed by atoms with van der Waals surface area (Å²) in [7, 11) is 0. The van der Waals surface area contributed by atoms with Crippen molar-refractivity contribution < 1.29 is 4.39 Å². The van der Waals surface area contributed by atoms with Crippen LogP contribution in [0.25, 0.3) is 0 Å². The first-order valence-electron chi connectivity index (χ1n) is 5.69. The topological polar surface area (TPSA) is 38.9 Å². The molecule has 0 aliphatic carbocycles. The van der Waals surface area contributed by atoms with Gasteiger partial charge in [0.25, 0.3) is 0 Å². The third-order valence-corrected chi connectivity index (χ3v) is 4.39. The normalized spacial score (nSPS) is 12.7. The summed E-state index contributed by atoms with van der Waals surface area (Å²) in [6.07, 6.45) is 0.871. The van der Waals surface area contributed by atoms with Crippen LogP contribution in [0.5, 0.6) is 0 Å². The van der Waals surface area contributed by atoms with Crippen LogP contribution in [0.4, 0.5) is 4.39 Å². The first kappa shape index (κ1) is 13.6. The molecule has 96 valence electrons. The second-order valence-corrected chi connectivity index (χ2v) is 6.20. The Kier molecular flexibility index (Phi) is 4.14. The van der Waals surface area contributed by atoms with Gasteiger partial charge in [-0.05, 0) is 31.5 Å². The van der Waals surface area contributed by atoms with Crippen LogP contribution in [0.3, 0.4) is 0 Å². The predicted molar refractivity (Wildman–Crippen MR) is 76.4 cm³/mol. The number of benzene rings is 1. The molecule has 0 aliphatic rings. The van der Waals surface area contributed by atoms with Crippen LogP contribution in [0.15, 0.2) is 22.7 Å². The Morgan fingerprint density at radius 1 is 1.50 bits per heavy atom. The molecule has 18 heavy (non-hydrogen) atoms. The van der Waals surface area contributed by atoms with Gasteiger partial charge in [0.05, 0.1) is 11.7 Å². The van der Waals surface area contributed by atoms with E-state index in [1.165, 1.54) is 17.4 Å². The van der Waals surface area contributed by atoms with Gasteiger partial charge < -0.3 is 5.73 Å². The highest BCUT2D eigenvalue weighted by Crippen LogP contribution is 2.29. The summed E-state index contributed by atoms with van der Waals surface area (Å²) in [5.41, 5.74) is 7.63. The van der Waals surface area contributed by atoms with E-state index in [-0.39, 0.29) is 5.82 Å². The molecule has 1 heterocycles. The zero-order valence-corrected chi connectivity index (χ0v) is 12.6. The van der Waals surface area contributed by atoms with Gasteiger partial charge in [0.1, 0.15) is 10.8 Å². The van der Waals surface area contributed by atoms with Gasteiger partial charge in [-0.15, -0.1) is 11.3 Å². The third-order valence-electron chi connectivity index (χ3n) is 2.80. The number of halogens is 2. The third kappa shape index (κ3) is 2.63. The number of nitrogens with two attached hydrogens (primary N) is 1. The summed E-state index contributed by atoms with van der Waals surface area (Å²) in [5.74, 6) is -0.295. The quantitative estimate of drug-likeness (QED) is 0.926. The Balaban J connectivity index is 2.40. The van der Waals surface area contributed by atoms with Gasteiger partial charge in [-0.2, -0.15) is 0 Å². The lowest BCUT2D eigenvalue weighted by molar-refractivity contribution is 0.598. The van der Waals surface area contributed by atoms with Gasteiger partial charge in [-0.25, -0.2) is 9.37 Å². The maximum Gasteiger partial charge on any atom is 0.128 e. The van der Waals surface area contributed by atoms with Crippen LogP contribution in [-0.4, -0.2) is 4.98 Å². The lowest BCUT2D eigenvalue weighted by Crippen LogP contribution is -2.13. The van der Waals surface area contributed by atoms with Crippen LogP contribution in [0.1, 0.15) is 34.1 Å². The highest BCUT2D eigenvalue weighted by molar-refractivity contribution is 9.10. The van der Waals surface area contributed by atoms with E-state index in [1.54, 1.807) is 12.1 Å². The minimum absolute atomic E-state index is 0.295. The number of hydrogen-bond acceptors (Lipinski definition) is 3. The molecule has 1 atom stereocenters. The average Bonchev–Trinajstić information content (AvgIpc) is 2.73. The summed E-state index contributed by atoms with van der Waals surface area (Å²) in [6, 6.07) is 4.28. The monoisotopic (exact) mass is 328 g/mol. The van der Waals surface area contributed by atoms with Crippen molar-refractivity contribution in [1.29, 1.82) is 0 Å². The van der Waals surface area contributed by atoms with Crippen LogP contribution in [0, 0.1) is 12.7 Å². The number of hydrogen-bond donors (Lipinski definition) is 1. The summed E-state index contributed by atoms with van der Waals surface area (Å²) < 4.78 is 14.6. The molecule has 1 unspecified atom stereocenters. The number of thiazole rings is 1. The summed E-state index contributed by atoms with van der Waals surface area (Å²) in [6.45, 7) is 4.07. The molecule has 2 nitrogen and oxygen atoms in total. The second kappa shape index (κ2) is 5.47. The van der Waals surface area contributed by atoms with Gasteiger partial charge in [0.15, 0.2) is 0 Å². The molecule has 5 heteroatoms. The Labute approximate surface area is 118 Å². The second-order valence-electron chi connectivity index (χ2n) is 4.05. The predicted octanol–water partition coefficient (Wildman–Crippen LogP) is 3.96. The largest absolute Gasteiger partial charge is 0.318 e. The van der Waals surface area contributed by atoms with Crippen molar-refractivity contribution in [1.82, 2.24) is 4.98 Å². The molecule has 0 saturated carbocycles. The van der Waals surface area contributed by atoms with Crippen LogP contribution in [-0.2, 0) is 6.42 Å². The molecule has 2 rings (SSSR count). The zero-order valence-electron chi connectivity index (χ0n) is 10.2. The average molecular weight is 329 g/mol. The number of aryl methyl sites for hydroxylation is 2. The Morgan fingerprint density at radius 3 is 2.83 bits per heavy atom. The maximum atomic E-state index is 13.8. The van der Waals surface area contributed by atoms with Gasteiger partial charge >= 0.3 is 0 Å². The SMILES string of the molecule is CCc1nc(C(N)c2cc(Br)ccc2F)sc1C. The first-order valence-corrected chi connectivity index (χ1v) is 7.30. The van der Waals surface area contributed by atoms with E-state index in [9.17, 15) is 4.39 Å². The van der Waals surface area contributed by atoms with Gasteiger partial charge in [-0.1, -0.05) is 22.9 Å². The molecule has 1 aromatic carbocycles. The van der Waals surface area contributed by atoms with Crippen molar-refractivity contribution in [2.45, 2.75) is 26.3 Å². The minimum atomic E-state index is -0.508. The van der Waals surface area contributed by atoms with E-state index in [0.29, 0.717) is 5.56 Å². The standard InChI is InChI=1S/C13H14BrFN2S/c1-3-11-7(2)18-13(17-11)12(16)9-6-8(14)4-5-10(9)15/h4-6,12H,3,16H2,1-2H3.